The molecule has 7 heteroatoms. The van der Waals surface area contributed by atoms with Gasteiger partial charge < -0.3 is 14.3 Å². The van der Waals surface area contributed by atoms with Gasteiger partial charge in [0.25, 0.3) is 0 Å². The lowest BCUT2D eigenvalue weighted by atomic mass is 10.2. The first-order chi connectivity index (χ1) is 12.8. The SMILES string of the molecule is Cc1ccc(CN(CC(O)COc2ccccc2C)C2CCS(=O)(=O)C2)o1. The van der Waals surface area contributed by atoms with Gasteiger partial charge in [-0.2, -0.15) is 0 Å². The molecule has 1 saturated heterocycles. The topological polar surface area (TPSA) is 80.0 Å². The van der Waals surface area contributed by atoms with E-state index in [4.69, 9.17) is 9.15 Å². The number of rotatable bonds is 8. The van der Waals surface area contributed by atoms with Gasteiger partial charge in [0.2, 0.25) is 0 Å². The predicted octanol–water partition coefficient (Wildman–Crippen LogP) is 2.33. The van der Waals surface area contributed by atoms with Crippen LogP contribution in [-0.4, -0.2) is 55.2 Å². The zero-order chi connectivity index (χ0) is 19.4. The van der Waals surface area contributed by atoms with E-state index < -0.39 is 15.9 Å². The molecule has 0 spiro atoms. The zero-order valence-electron chi connectivity index (χ0n) is 15.8. The minimum atomic E-state index is -3.01. The number of aliphatic hydroxyl groups excluding tert-OH is 1. The molecule has 1 aromatic heterocycles. The summed E-state index contributed by atoms with van der Waals surface area (Å²) in [6.07, 6.45) is -0.156. The molecule has 0 radical (unpaired) electrons. The second kappa shape index (κ2) is 8.46. The molecule has 0 saturated carbocycles. The van der Waals surface area contributed by atoms with Crippen molar-refractivity contribution in [2.75, 3.05) is 24.7 Å². The molecule has 0 bridgehead atoms. The van der Waals surface area contributed by atoms with Crippen molar-refractivity contribution in [1.29, 1.82) is 0 Å². The van der Waals surface area contributed by atoms with Crippen LogP contribution < -0.4 is 4.74 Å². The lowest BCUT2D eigenvalue weighted by Crippen LogP contribution is -2.42. The summed E-state index contributed by atoms with van der Waals surface area (Å²) in [7, 11) is -3.01. The van der Waals surface area contributed by atoms with E-state index >= 15 is 0 Å². The summed E-state index contributed by atoms with van der Waals surface area (Å²) < 4.78 is 35.2. The summed E-state index contributed by atoms with van der Waals surface area (Å²) >= 11 is 0. The number of sulfone groups is 1. The van der Waals surface area contributed by atoms with Crippen molar-refractivity contribution in [3.8, 4) is 5.75 Å². The number of furan rings is 1. The molecule has 1 fully saturated rings. The van der Waals surface area contributed by atoms with Crippen molar-refractivity contribution in [3.63, 3.8) is 0 Å². The summed E-state index contributed by atoms with van der Waals surface area (Å²) in [6, 6.07) is 11.3. The number of hydrogen-bond donors (Lipinski definition) is 1. The molecule has 2 unspecified atom stereocenters. The Morgan fingerprint density at radius 1 is 1.26 bits per heavy atom. The van der Waals surface area contributed by atoms with Crippen molar-refractivity contribution < 1.29 is 22.7 Å². The van der Waals surface area contributed by atoms with E-state index in [1.54, 1.807) is 0 Å². The maximum absolute atomic E-state index is 11.9. The third-order valence-electron chi connectivity index (χ3n) is 4.85. The number of aryl methyl sites for hydroxylation is 2. The van der Waals surface area contributed by atoms with Crippen LogP contribution in [0.2, 0.25) is 0 Å². The van der Waals surface area contributed by atoms with Crippen molar-refractivity contribution >= 4 is 9.84 Å². The van der Waals surface area contributed by atoms with Gasteiger partial charge in [-0.15, -0.1) is 0 Å². The summed E-state index contributed by atoms with van der Waals surface area (Å²) in [6.45, 7) is 4.77. The molecule has 148 valence electrons. The monoisotopic (exact) mass is 393 g/mol. The molecule has 1 aliphatic heterocycles. The number of para-hydroxylation sites is 1. The van der Waals surface area contributed by atoms with E-state index in [0.717, 1.165) is 22.8 Å². The quantitative estimate of drug-likeness (QED) is 0.741. The Morgan fingerprint density at radius 2 is 2.04 bits per heavy atom. The number of benzene rings is 1. The van der Waals surface area contributed by atoms with E-state index in [1.807, 2.05) is 55.1 Å². The van der Waals surface area contributed by atoms with Crippen LogP contribution in [0, 0.1) is 13.8 Å². The second-order valence-corrected chi connectivity index (χ2v) is 9.46. The molecule has 3 rings (SSSR count). The maximum atomic E-state index is 11.9. The molecule has 27 heavy (non-hydrogen) atoms. The summed E-state index contributed by atoms with van der Waals surface area (Å²) in [4.78, 5) is 1.99. The van der Waals surface area contributed by atoms with E-state index in [2.05, 4.69) is 0 Å². The highest BCUT2D eigenvalue weighted by Gasteiger charge is 2.33. The number of aliphatic hydroxyl groups is 1. The average molecular weight is 394 g/mol. The standard InChI is InChI=1S/C20H27NO5S/c1-15-5-3-4-6-20(15)25-13-18(22)11-21(12-19-8-7-16(2)26-19)17-9-10-27(23,24)14-17/h3-8,17-18,22H,9-14H2,1-2H3. The van der Waals surface area contributed by atoms with Crippen molar-refractivity contribution in [3.05, 3.63) is 53.5 Å². The lowest BCUT2D eigenvalue weighted by molar-refractivity contribution is 0.0494. The van der Waals surface area contributed by atoms with Gasteiger partial charge >= 0.3 is 0 Å². The summed E-state index contributed by atoms with van der Waals surface area (Å²) in [5.41, 5.74) is 1.01. The van der Waals surface area contributed by atoms with Crippen LogP contribution in [0.4, 0.5) is 0 Å². The predicted molar refractivity (Wildman–Crippen MR) is 104 cm³/mol. The number of ether oxygens (including phenoxy) is 1. The van der Waals surface area contributed by atoms with Gasteiger partial charge in [-0.05, 0) is 44.0 Å². The second-order valence-electron chi connectivity index (χ2n) is 7.23. The van der Waals surface area contributed by atoms with Gasteiger partial charge in [-0.3, -0.25) is 4.90 Å². The van der Waals surface area contributed by atoms with Gasteiger partial charge in [0.1, 0.15) is 30.0 Å². The number of hydrogen-bond acceptors (Lipinski definition) is 6. The number of nitrogens with zero attached hydrogens (tertiary/aromatic N) is 1. The molecule has 0 aliphatic carbocycles. The Labute approximate surface area is 160 Å². The Bertz CT molecular complexity index is 861. The van der Waals surface area contributed by atoms with Gasteiger partial charge in [0.15, 0.2) is 9.84 Å². The largest absolute Gasteiger partial charge is 0.491 e. The van der Waals surface area contributed by atoms with E-state index in [0.29, 0.717) is 19.5 Å². The van der Waals surface area contributed by atoms with Crippen LogP contribution in [0.15, 0.2) is 40.8 Å². The van der Waals surface area contributed by atoms with Crippen molar-refractivity contribution in [2.24, 2.45) is 0 Å². The average Bonchev–Trinajstić information content (AvgIpc) is 3.18. The molecule has 6 nitrogen and oxygen atoms in total. The van der Waals surface area contributed by atoms with Crippen LogP contribution in [-0.2, 0) is 16.4 Å². The first-order valence-electron chi connectivity index (χ1n) is 9.19. The van der Waals surface area contributed by atoms with Gasteiger partial charge in [-0.25, -0.2) is 8.42 Å². The smallest absolute Gasteiger partial charge is 0.151 e. The van der Waals surface area contributed by atoms with Crippen LogP contribution in [0.3, 0.4) is 0 Å². The molecular formula is C20H27NO5S. The Balaban J connectivity index is 1.64. The summed E-state index contributed by atoms with van der Waals surface area (Å²) in [5, 5.41) is 10.5. The fourth-order valence-corrected chi connectivity index (χ4v) is 5.17. The third kappa shape index (κ3) is 5.57. The lowest BCUT2D eigenvalue weighted by Gasteiger charge is -2.29. The first-order valence-corrected chi connectivity index (χ1v) is 11.0. The third-order valence-corrected chi connectivity index (χ3v) is 6.60. The highest BCUT2D eigenvalue weighted by Crippen LogP contribution is 2.22. The van der Waals surface area contributed by atoms with Crippen molar-refractivity contribution in [2.45, 2.75) is 39.0 Å². The Hall–Kier alpha value is -1.83. The fourth-order valence-electron chi connectivity index (χ4n) is 3.40. The van der Waals surface area contributed by atoms with E-state index in [1.165, 1.54) is 0 Å². The van der Waals surface area contributed by atoms with Crippen LogP contribution in [0.5, 0.6) is 5.75 Å². The van der Waals surface area contributed by atoms with Crippen LogP contribution >= 0.6 is 0 Å². The highest BCUT2D eigenvalue weighted by molar-refractivity contribution is 7.91. The molecule has 1 N–H and O–H groups in total. The van der Waals surface area contributed by atoms with Gasteiger partial charge in [0.05, 0.1) is 18.1 Å². The van der Waals surface area contributed by atoms with E-state index in [9.17, 15) is 13.5 Å². The zero-order valence-corrected chi connectivity index (χ0v) is 16.6. The minimum absolute atomic E-state index is 0.117. The molecule has 2 aromatic rings. The fraction of sp³-hybridized carbons (Fsp3) is 0.500. The normalized spacial score (nSPS) is 20.1. The molecule has 1 aromatic carbocycles. The Morgan fingerprint density at radius 3 is 2.67 bits per heavy atom. The molecule has 1 aliphatic rings. The van der Waals surface area contributed by atoms with Gasteiger partial charge in [0, 0.05) is 12.6 Å². The molecule has 2 heterocycles. The molecule has 2 atom stereocenters. The van der Waals surface area contributed by atoms with Crippen molar-refractivity contribution in [1.82, 2.24) is 4.90 Å². The molecular weight excluding hydrogens is 366 g/mol. The first kappa shape index (κ1) is 19.9. The summed E-state index contributed by atoms with van der Waals surface area (Å²) in [5.74, 6) is 2.64. The van der Waals surface area contributed by atoms with Gasteiger partial charge in [-0.1, -0.05) is 18.2 Å². The maximum Gasteiger partial charge on any atom is 0.151 e. The van der Waals surface area contributed by atoms with Crippen LogP contribution in [0.25, 0.3) is 0 Å². The Kier molecular flexibility index (Phi) is 6.24. The molecule has 0 amide bonds. The van der Waals surface area contributed by atoms with E-state index in [-0.39, 0.29) is 24.2 Å². The highest BCUT2D eigenvalue weighted by atomic mass is 32.2. The minimum Gasteiger partial charge on any atom is -0.491 e. The van der Waals surface area contributed by atoms with Crippen LogP contribution in [0.1, 0.15) is 23.5 Å².